The molecule has 18 heavy (non-hydrogen) atoms. The molecule has 0 saturated heterocycles. The van der Waals surface area contributed by atoms with Crippen molar-refractivity contribution in [2.24, 2.45) is 5.92 Å². The standard InChI is InChI=1S/C10H15ClN4O3/c11-9-6(12)10(14-3-13-9)15-5-1-4(2-16)7(17)8(5)18/h3-5,7-8,16-18H,1-2,12H2,(H,13,14,15)/t4-,5-,7-,8-/m1/s1. The Morgan fingerprint density at radius 3 is 2.72 bits per heavy atom. The number of hydrogen-bond acceptors (Lipinski definition) is 7. The van der Waals surface area contributed by atoms with E-state index in [9.17, 15) is 10.2 Å². The molecule has 0 radical (unpaired) electrons. The van der Waals surface area contributed by atoms with E-state index in [-0.39, 0.29) is 23.4 Å². The van der Waals surface area contributed by atoms with E-state index >= 15 is 0 Å². The number of hydrogen-bond donors (Lipinski definition) is 5. The summed E-state index contributed by atoms with van der Waals surface area (Å²) in [6, 6.07) is -0.439. The summed E-state index contributed by atoms with van der Waals surface area (Å²) in [4.78, 5) is 7.64. The van der Waals surface area contributed by atoms with Crippen molar-refractivity contribution in [1.29, 1.82) is 0 Å². The number of nitrogens with two attached hydrogens (primary N) is 1. The number of halogens is 1. The van der Waals surface area contributed by atoms with E-state index in [4.69, 9.17) is 22.4 Å². The third-order valence-corrected chi connectivity index (χ3v) is 3.49. The number of aliphatic hydroxyl groups excluding tert-OH is 3. The molecule has 1 fully saturated rings. The molecule has 1 aliphatic carbocycles. The lowest BCUT2D eigenvalue weighted by Gasteiger charge is -2.19. The summed E-state index contributed by atoms with van der Waals surface area (Å²) in [5.74, 6) is -0.0547. The maximum atomic E-state index is 9.84. The highest BCUT2D eigenvalue weighted by molar-refractivity contribution is 6.32. The van der Waals surface area contributed by atoms with Gasteiger partial charge in [-0.15, -0.1) is 0 Å². The first-order valence-corrected chi connectivity index (χ1v) is 5.92. The minimum atomic E-state index is -0.990. The molecule has 4 atom stereocenters. The van der Waals surface area contributed by atoms with Crippen molar-refractivity contribution in [2.45, 2.75) is 24.7 Å². The lowest BCUT2D eigenvalue weighted by molar-refractivity contribution is 0.00446. The number of nitrogens with one attached hydrogen (secondary N) is 1. The Bertz CT molecular complexity index is 434. The van der Waals surface area contributed by atoms with Crippen LogP contribution in [0.3, 0.4) is 0 Å². The quantitative estimate of drug-likeness (QED) is 0.458. The number of aromatic nitrogens is 2. The summed E-state index contributed by atoms with van der Waals surface area (Å²) >= 11 is 5.75. The Hall–Kier alpha value is -1.15. The van der Waals surface area contributed by atoms with Crippen molar-refractivity contribution < 1.29 is 15.3 Å². The number of nitrogens with zero attached hydrogens (tertiary/aromatic N) is 2. The van der Waals surface area contributed by atoms with Gasteiger partial charge < -0.3 is 26.4 Å². The molecule has 7 nitrogen and oxygen atoms in total. The van der Waals surface area contributed by atoms with Crippen molar-refractivity contribution in [3.05, 3.63) is 11.5 Å². The molecule has 0 spiro atoms. The van der Waals surface area contributed by atoms with E-state index in [1.807, 2.05) is 0 Å². The monoisotopic (exact) mass is 274 g/mol. The summed E-state index contributed by atoms with van der Waals surface area (Å²) in [5.41, 5.74) is 5.88. The second kappa shape index (κ2) is 5.23. The van der Waals surface area contributed by atoms with E-state index in [1.165, 1.54) is 6.33 Å². The van der Waals surface area contributed by atoms with Gasteiger partial charge in [-0.2, -0.15) is 0 Å². The molecule has 0 unspecified atom stereocenters. The third kappa shape index (κ3) is 2.35. The first kappa shape index (κ1) is 13.3. The Kier molecular flexibility index (Phi) is 3.86. The number of anilines is 2. The Labute approximate surface area is 109 Å². The topological polar surface area (TPSA) is 125 Å². The molecule has 2 rings (SSSR count). The van der Waals surface area contributed by atoms with Gasteiger partial charge in [0.2, 0.25) is 0 Å². The normalized spacial score (nSPS) is 31.6. The lowest BCUT2D eigenvalue weighted by Crippen LogP contribution is -2.35. The molecule has 100 valence electrons. The molecule has 1 aliphatic rings. The van der Waals surface area contributed by atoms with Crippen LogP contribution < -0.4 is 11.1 Å². The second-order valence-electron chi connectivity index (χ2n) is 4.34. The first-order chi connectivity index (χ1) is 8.54. The highest BCUT2D eigenvalue weighted by Crippen LogP contribution is 2.30. The molecular formula is C10H15ClN4O3. The summed E-state index contributed by atoms with van der Waals surface area (Å²) < 4.78 is 0. The van der Waals surface area contributed by atoms with Crippen molar-refractivity contribution in [3.8, 4) is 0 Å². The van der Waals surface area contributed by atoms with Crippen LogP contribution in [0.4, 0.5) is 11.5 Å². The maximum Gasteiger partial charge on any atom is 0.157 e. The largest absolute Gasteiger partial charge is 0.396 e. The molecule has 0 aliphatic heterocycles. The molecule has 0 aromatic carbocycles. The fourth-order valence-electron chi connectivity index (χ4n) is 2.11. The molecule has 1 aromatic heterocycles. The van der Waals surface area contributed by atoms with Crippen LogP contribution in [0, 0.1) is 5.92 Å². The molecule has 1 heterocycles. The fraction of sp³-hybridized carbons (Fsp3) is 0.600. The molecule has 0 bridgehead atoms. The van der Waals surface area contributed by atoms with Crippen LogP contribution in [-0.2, 0) is 0 Å². The van der Waals surface area contributed by atoms with Crippen LogP contribution in [0.15, 0.2) is 6.33 Å². The van der Waals surface area contributed by atoms with Crippen molar-refractivity contribution in [2.75, 3.05) is 17.7 Å². The highest BCUT2D eigenvalue weighted by Gasteiger charge is 2.41. The zero-order chi connectivity index (χ0) is 13.3. The molecule has 6 N–H and O–H groups in total. The smallest absolute Gasteiger partial charge is 0.157 e. The van der Waals surface area contributed by atoms with Gasteiger partial charge in [-0.25, -0.2) is 9.97 Å². The molecular weight excluding hydrogens is 260 g/mol. The zero-order valence-electron chi connectivity index (χ0n) is 9.49. The van der Waals surface area contributed by atoms with Crippen LogP contribution in [0.1, 0.15) is 6.42 Å². The van der Waals surface area contributed by atoms with Crippen LogP contribution in [0.2, 0.25) is 5.15 Å². The van der Waals surface area contributed by atoms with Gasteiger partial charge in [-0.1, -0.05) is 11.6 Å². The van der Waals surface area contributed by atoms with Gasteiger partial charge in [-0.05, 0) is 6.42 Å². The molecule has 1 saturated carbocycles. The first-order valence-electron chi connectivity index (χ1n) is 5.54. The number of rotatable bonds is 3. The third-order valence-electron chi connectivity index (χ3n) is 3.19. The summed E-state index contributed by atoms with van der Waals surface area (Å²) in [6.45, 7) is -0.184. The van der Waals surface area contributed by atoms with Gasteiger partial charge in [-0.3, -0.25) is 0 Å². The Balaban J connectivity index is 2.13. The minimum absolute atomic E-state index is 0.124. The van der Waals surface area contributed by atoms with Crippen molar-refractivity contribution in [3.63, 3.8) is 0 Å². The summed E-state index contributed by atoms with van der Waals surface area (Å²) in [5, 5.41) is 31.6. The maximum absolute atomic E-state index is 9.84. The zero-order valence-corrected chi connectivity index (χ0v) is 10.2. The lowest BCUT2D eigenvalue weighted by atomic mass is 10.1. The minimum Gasteiger partial charge on any atom is -0.396 e. The number of nitrogen functional groups attached to an aromatic ring is 1. The highest BCUT2D eigenvalue weighted by atomic mass is 35.5. The second-order valence-corrected chi connectivity index (χ2v) is 4.70. The van der Waals surface area contributed by atoms with Gasteiger partial charge >= 0.3 is 0 Å². The van der Waals surface area contributed by atoms with E-state index in [1.54, 1.807) is 0 Å². The SMILES string of the molecule is Nc1c(Cl)ncnc1N[C@@H]1C[C@H](CO)[C@@H](O)[C@@H]1O. The summed E-state index contributed by atoms with van der Waals surface area (Å²) in [7, 11) is 0. The number of aliphatic hydroxyl groups is 3. The average Bonchev–Trinajstić information content (AvgIpc) is 2.63. The predicted molar refractivity (Wildman–Crippen MR) is 66.1 cm³/mol. The van der Waals surface area contributed by atoms with Crippen LogP contribution in [-0.4, -0.2) is 50.1 Å². The van der Waals surface area contributed by atoms with E-state index in [0.29, 0.717) is 12.2 Å². The van der Waals surface area contributed by atoms with Crippen LogP contribution in [0.25, 0.3) is 0 Å². The van der Waals surface area contributed by atoms with E-state index in [0.717, 1.165) is 0 Å². The van der Waals surface area contributed by atoms with Crippen molar-refractivity contribution in [1.82, 2.24) is 9.97 Å². The Morgan fingerprint density at radius 1 is 1.39 bits per heavy atom. The average molecular weight is 275 g/mol. The van der Waals surface area contributed by atoms with Gasteiger partial charge in [0.15, 0.2) is 11.0 Å². The van der Waals surface area contributed by atoms with Gasteiger partial charge in [0.1, 0.15) is 18.1 Å². The van der Waals surface area contributed by atoms with Gasteiger partial charge in [0, 0.05) is 12.5 Å². The predicted octanol–water partition coefficient (Wildman–Crippen LogP) is -0.773. The molecule has 1 aromatic rings. The van der Waals surface area contributed by atoms with Crippen LogP contribution in [0.5, 0.6) is 0 Å². The van der Waals surface area contributed by atoms with E-state index < -0.39 is 18.2 Å². The van der Waals surface area contributed by atoms with Gasteiger partial charge in [0.05, 0.1) is 12.1 Å². The van der Waals surface area contributed by atoms with Gasteiger partial charge in [0.25, 0.3) is 0 Å². The fourth-order valence-corrected chi connectivity index (χ4v) is 2.25. The molecule has 8 heteroatoms. The van der Waals surface area contributed by atoms with Crippen molar-refractivity contribution >= 4 is 23.1 Å². The van der Waals surface area contributed by atoms with E-state index in [2.05, 4.69) is 15.3 Å². The molecule has 0 amide bonds. The van der Waals surface area contributed by atoms with Crippen LogP contribution >= 0.6 is 11.6 Å². The summed E-state index contributed by atoms with van der Waals surface area (Å²) in [6.07, 6.45) is -0.288. The Morgan fingerprint density at radius 2 is 2.11 bits per heavy atom.